The smallest absolute Gasteiger partial charge is 0.175 e. The fraction of sp³-hybridized carbons (Fsp3) is 0.174. The molecule has 0 radical (unpaired) electrons. The summed E-state index contributed by atoms with van der Waals surface area (Å²) in [6.07, 6.45) is 3.31. The van der Waals surface area contributed by atoms with Crippen LogP contribution in [0.1, 0.15) is 22.5 Å². The Morgan fingerprint density at radius 2 is 1.82 bits per heavy atom. The zero-order chi connectivity index (χ0) is 23.5. The molecule has 0 saturated heterocycles. The van der Waals surface area contributed by atoms with Crippen molar-refractivity contribution in [3.63, 3.8) is 0 Å². The Labute approximate surface area is 200 Å². The molecule has 0 aliphatic carbocycles. The van der Waals surface area contributed by atoms with Crippen molar-refractivity contribution in [2.75, 3.05) is 10.6 Å². The highest BCUT2D eigenvalue weighted by molar-refractivity contribution is 7.80. The van der Waals surface area contributed by atoms with Crippen LogP contribution in [0.3, 0.4) is 0 Å². The zero-order valence-electron chi connectivity index (χ0n) is 17.9. The van der Waals surface area contributed by atoms with E-state index in [1.807, 2.05) is 18.5 Å². The molecular weight excluding hydrogens is 466 g/mol. The van der Waals surface area contributed by atoms with Crippen molar-refractivity contribution >= 4 is 40.3 Å². The normalized spacial score (nSPS) is 10.9. The van der Waals surface area contributed by atoms with Crippen molar-refractivity contribution in [2.45, 2.75) is 26.9 Å². The average Bonchev–Trinajstić information content (AvgIpc) is 3.31. The molecule has 0 unspecified atom stereocenters. The van der Waals surface area contributed by atoms with Gasteiger partial charge in [-0.3, -0.25) is 9.36 Å². The number of rotatable bonds is 6. The Hall–Kier alpha value is -3.30. The molecule has 0 spiro atoms. The third-order valence-corrected chi connectivity index (χ3v) is 5.70. The second kappa shape index (κ2) is 9.68. The standard InChI is InChI=1S/C23H21ClF2N6S/c1-14-22(15(2)32(30-14)11-16-6-8-17(25)9-7-16)29-23(33)28-18-10-27-31(12-18)13-19-20(24)4-3-5-21(19)26/h3-10,12H,11,13H2,1-2H3,(H2,28,29,33). The minimum Gasteiger partial charge on any atom is -0.330 e. The van der Waals surface area contributed by atoms with Crippen molar-refractivity contribution in [2.24, 2.45) is 0 Å². The predicted molar refractivity (Wildman–Crippen MR) is 130 cm³/mol. The van der Waals surface area contributed by atoms with Gasteiger partial charge in [0.25, 0.3) is 0 Å². The summed E-state index contributed by atoms with van der Waals surface area (Å²) in [7, 11) is 0. The molecular formula is C23H21ClF2N6S. The SMILES string of the molecule is Cc1nn(Cc2ccc(F)cc2)c(C)c1NC(=S)Nc1cnn(Cc2c(F)cccc2Cl)c1. The summed E-state index contributed by atoms with van der Waals surface area (Å²) in [5, 5.41) is 15.8. The molecule has 0 aliphatic heterocycles. The van der Waals surface area contributed by atoms with E-state index < -0.39 is 0 Å². The number of aryl methyl sites for hydroxylation is 1. The van der Waals surface area contributed by atoms with Crippen LogP contribution in [0, 0.1) is 25.5 Å². The van der Waals surface area contributed by atoms with Crippen LogP contribution in [0.2, 0.25) is 5.02 Å². The number of halogens is 3. The lowest BCUT2D eigenvalue weighted by atomic mass is 10.2. The minimum atomic E-state index is -0.381. The first-order valence-corrected chi connectivity index (χ1v) is 10.9. The first kappa shape index (κ1) is 22.9. The Bertz CT molecular complexity index is 1280. The van der Waals surface area contributed by atoms with Crippen LogP contribution >= 0.6 is 23.8 Å². The van der Waals surface area contributed by atoms with E-state index >= 15 is 0 Å². The average molecular weight is 487 g/mol. The zero-order valence-corrected chi connectivity index (χ0v) is 19.5. The van der Waals surface area contributed by atoms with Crippen LogP contribution in [0.5, 0.6) is 0 Å². The molecule has 2 N–H and O–H groups in total. The highest BCUT2D eigenvalue weighted by atomic mass is 35.5. The Balaban J connectivity index is 1.41. The number of aromatic nitrogens is 4. The second-order valence-electron chi connectivity index (χ2n) is 7.54. The van der Waals surface area contributed by atoms with Gasteiger partial charge in [-0.2, -0.15) is 10.2 Å². The molecule has 2 aromatic carbocycles. The van der Waals surface area contributed by atoms with E-state index in [0.717, 1.165) is 22.6 Å². The monoisotopic (exact) mass is 486 g/mol. The summed E-state index contributed by atoms with van der Waals surface area (Å²) in [5.41, 5.74) is 4.43. The van der Waals surface area contributed by atoms with Crippen LogP contribution in [0.15, 0.2) is 54.9 Å². The lowest BCUT2D eigenvalue weighted by molar-refractivity contribution is 0.585. The van der Waals surface area contributed by atoms with Crippen LogP contribution in [0.4, 0.5) is 20.2 Å². The van der Waals surface area contributed by atoms with E-state index in [-0.39, 0.29) is 18.2 Å². The van der Waals surface area contributed by atoms with Gasteiger partial charge in [0.15, 0.2) is 5.11 Å². The third-order valence-electron chi connectivity index (χ3n) is 5.14. The van der Waals surface area contributed by atoms with Crippen molar-refractivity contribution in [1.29, 1.82) is 0 Å². The second-order valence-corrected chi connectivity index (χ2v) is 8.35. The third kappa shape index (κ3) is 5.37. The molecule has 0 bridgehead atoms. The molecule has 0 fully saturated rings. The molecule has 10 heteroatoms. The number of hydrogen-bond donors (Lipinski definition) is 2. The number of benzene rings is 2. The van der Waals surface area contributed by atoms with Gasteiger partial charge in [-0.1, -0.05) is 29.8 Å². The van der Waals surface area contributed by atoms with Crippen molar-refractivity contribution in [1.82, 2.24) is 19.6 Å². The summed E-state index contributed by atoms with van der Waals surface area (Å²) >= 11 is 11.6. The van der Waals surface area contributed by atoms with E-state index in [9.17, 15) is 8.78 Å². The quantitative estimate of drug-likeness (QED) is 0.351. The lowest BCUT2D eigenvalue weighted by Crippen LogP contribution is -2.19. The minimum absolute atomic E-state index is 0.196. The van der Waals surface area contributed by atoms with E-state index in [2.05, 4.69) is 20.8 Å². The summed E-state index contributed by atoms with van der Waals surface area (Å²) in [5.74, 6) is -0.653. The van der Waals surface area contributed by atoms with Gasteiger partial charge in [0.1, 0.15) is 11.6 Å². The van der Waals surface area contributed by atoms with Crippen LogP contribution in [-0.4, -0.2) is 24.7 Å². The van der Waals surface area contributed by atoms with Crippen molar-refractivity contribution < 1.29 is 8.78 Å². The molecule has 4 aromatic rings. The maximum atomic E-state index is 14.0. The Morgan fingerprint density at radius 3 is 2.55 bits per heavy atom. The summed E-state index contributed by atoms with van der Waals surface area (Å²) in [4.78, 5) is 0. The van der Waals surface area contributed by atoms with Gasteiger partial charge in [0.2, 0.25) is 0 Å². The maximum Gasteiger partial charge on any atom is 0.175 e. The van der Waals surface area contributed by atoms with E-state index in [1.165, 1.54) is 18.2 Å². The largest absolute Gasteiger partial charge is 0.330 e. The van der Waals surface area contributed by atoms with Gasteiger partial charge in [0.05, 0.1) is 42.0 Å². The first-order chi connectivity index (χ1) is 15.8. The molecule has 0 aliphatic rings. The number of anilines is 2. The highest BCUT2D eigenvalue weighted by Crippen LogP contribution is 2.22. The molecule has 4 rings (SSSR count). The van der Waals surface area contributed by atoms with Crippen molar-refractivity contribution in [3.8, 4) is 0 Å². The molecule has 0 amide bonds. The number of nitrogens with one attached hydrogen (secondary N) is 2. The van der Waals surface area contributed by atoms with Crippen molar-refractivity contribution in [3.05, 3.63) is 94.0 Å². The van der Waals surface area contributed by atoms with Crippen LogP contribution in [-0.2, 0) is 13.1 Å². The topological polar surface area (TPSA) is 59.7 Å². The molecule has 2 heterocycles. The molecule has 170 valence electrons. The Kier molecular flexibility index (Phi) is 6.71. The van der Waals surface area contributed by atoms with Gasteiger partial charge in [-0.05, 0) is 55.9 Å². The van der Waals surface area contributed by atoms with E-state index in [4.69, 9.17) is 23.8 Å². The van der Waals surface area contributed by atoms with E-state index in [1.54, 1.807) is 41.3 Å². The lowest BCUT2D eigenvalue weighted by Gasteiger charge is -2.10. The van der Waals surface area contributed by atoms with Gasteiger partial charge in [-0.25, -0.2) is 8.78 Å². The molecule has 0 atom stereocenters. The molecule has 2 aromatic heterocycles. The van der Waals surface area contributed by atoms with Gasteiger partial charge in [-0.15, -0.1) is 0 Å². The number of nitrogens with zero attached hydrogens (tertiary/aromatic N) is 4. The summed E-state index contributed by atoms with van der Waals surface area (Å²) in [6.45, 7) is 4.53. The van der Waals surface area contributed by atoms with Gasteiger partial charge < -0.3 is 10.6 Å². The molecule has 6 nitrogen and oxygen atoms in total. The number of hydrogen-bond acceptors (Lipinski definition) is 3. The van der Waals surface area contributed by atoms with Crippen LogP contribution < -0.4 is 10.6 Å². The maximum absolute atomic E-state index is 14.0. The van der Waals surface area contributed by atoms with Gasteiger partial charge in [0, 0.05) is 16.8 Å². The fourth-order valence-corrected chi connectivity index (χ4v) is 3.87. The van der Waals surface area contributed by atoms with Crippen LogP contribution in [0.25, 0.3) is 0 Å². The summed E-state index contributed by atoms with van der Waals surface area (Å²) in [6, 6.07) is 10.9. The summed E-state index contributed by atoms with van der Waals surface area (Å²) < 4.78 is 30.6. The predicted octanol–water partition coefficient (Wildman–Crippen LogP) is 5.53. The number of thiocarbonyl (C=S) groups is 1. The Morgan fingerprint density at radius 1 is 1.06 bits per heavy atom. The van der Waals surface area contributed by atoms with E-state index in [0.29, 0.717) is 27.9 Å². The first-order valence-electron chi connectivity index (χ1n) is 10.1. The van der Waals surface area contributed by atoms with Gasteiger partial charge >= 0.3 is 0 Å². The highest BCUT2D eigenvalue weighted by Gasteiger charge is 2.14. The fourth-order valence-electron chi connectivity index (χ4n) is 3.43. The molecule has 33 heavy (non-hydrogen) atoms. The molecule has 0 saturated carbocycles.